The summed E-state index contributed by atoms with van der Waals surface area (Å²) in [4.78, 5) is 35.2. The van der Waals surface area contributed by atoms with Crippen molar-refractivity contribution in [2.24, 2.45) is 5.41 Å². The lowest BCUT2D eigenvalue weighted by Gasteiger charge is -2.27. The van der Waals surface area contributed by atoms with Crippen molar-refractivity contribution in [2.45, 2.75) is 26.8 Å². The predicted molar refractivity (Wildman–Crippen MR) is 65.8 cm³/mol. The molecule has 0 aromatic carbocycles. The van der Waals surface area contributed by atoms with E-state index in [2.05, 4.69) is 10.3 Å². The van der Waals surface area contributed by atoms with Crippen LogP contribution in [0.5, 0.6) is 0 Å². The van der Waals surface area contributed by atoms with Crippen LogP contribution in [0.1, 0.15) is 31.3 Å². The van der Waals surface area contributed by atoms with Crippen molar-refractivity contribution >= 4 is 17.6 Å². The van der Waals surface area contributed by atoms with E-state index in [4.69, 9.17) is 5.11 Å². The summed E-state index contributed by atoms with van der Waals surface area (Å²) in [7, 11) is 0. The van der Waals surface area contributed by atoms with Crippen molar-refractivity contribution < 1.29 is 19.6 Å². The molecule has 0 aliphatic heterocycles. The van der Waals surface area contributed by atoms with Gasteiger partial charge in [-0.1, -0.05) is 20.8 Å². The minimum absolute atomic E-state index is 0.0535. The zero-order valence-corrected chi connectivity index (χ0v) is 10.8. The number of aliphatic carboxylic acids is 1. The Kier molecular flexibility index (Phi) is 3.93. The Labute approximate surface area is 109 Å². The second-order valence-electron chi connectivity index (χ2n) is 5.14. The van der Waals surface area contributed by atoms with E-state index < -0.39 is 28.3 Å². The highest BCUT2D eigenvalue weighted by atomic mass is 16.6. The molecular formula is C11H15N3O5. The summed E-state index contributed by atoms with van der Waals surface area (Å²) in [5.41, 5.74) is -0.991. The Balaban J connectivity index is 2.88. The molecule has 0 spiro atoms. The molecule has 104 valence electrons. The predicted octanol–water partition coefficient (Wildman–Crippen LogP) is 1.15. The van der Waals surface area contributed by atoms with Gasteiger partial charge in [-0.25, -0.2) is 4.79 Å². The molecule has 0 radical (unpaired) electrons. The Morgan fingerprint density at radius 1 is 1.47 bits per heavy atom. The third-order valence-electron chi connectivity index (χ3n) is 2.51. The fraction of sp³-hybridized carbons (Fsp3) is 0.455. The first-order valence-corrected chi connectivity index (χ1v) is 5.49. The van der Waals surface area contributed by atoms with Gasteiger partial charge < -0.3 is 15.4 Å². The highest BCUT2D eigenvalue weighted by Gasteiger charge is 2.33. The van der Waals surface area contributed by atoms with E-state index >= 15 is 0 Å². The molecule has 0 bridgehead atoms. The number of carbonyl (C=O) groups excluding carboxylic acids is 1. The van der Waals surface area contributed by atoms with Gasteiger partial charge in [0.25, 0.3) is 11.6 Å². The van der Waals surface area contributed by atoms with E-state index in [1.54, 1.807) is 20.8 Å². The second kappa shape index (κ2) is 5.09. The number of nitrogens with one attached hydrogen (secondary N) is 2. The van der Waals surface area contributed by atoms with Gasteiger partial charge in [-0.3, -0.25) is 14.9 Å². The van der Waals surface area contributed by atoms with Crippen LogP contribution < -0.4 is 5.32 Å². The molecule has 3 N–H and O–H groups in total. The first kappa shape index (κ1) is 14.7. The number of carboxylic acids is 1. The molecule has 1 rings (SSSR count). The van der Waals surface area contributed by atoms with Gasteiger partial charge in [0.1, 0.15) is 11.7 Å². The van der Waals surface area contributed by atoms with Gasteiger partial charge in [0, 0.05) is 6.07 Å². The van der Waals surface area contributed by atoms with Gasteiger partial charge in [0.15, 0.2) is 0 Å². The SMILES string of the molecule is CC(C)(C)[C@H](NC(=O)c1cc([N+](=O)[O-])c[nH]1)C(=O)O. The average Bonchev–Trinajstić information content (AvgIpc) is 2.72. The van der Waals surface area contributed by atoms with Gasteiger partial charge in [-0.15, -0.1) is 0 Å². The lowest BCUT2D eigenvalue weighted by molar-refractivity contribution is -0.384. The Morgan fingerprint density at radius 3 is 2.42 bits per heavy atom. The van der Waals surface area contributed by atoms with E-state index in [1.807, 2.05) is 0 Å². The molecule has 1 heterocycles. The number of nitrogens with zero attached hydrogens (tertiary/aromatic N) is 1. The van der Waals surface area contributed by atoms with Crippen molar-refractivity contribution in [3.63, 3.8) is 0 Å². The van der Waals surface area contributed by atoms with Gasteiger partial charge >= 0.3 is 5.97 Å². The molecule has 8 nitrogen and oxygen atoms in total. The van der Waals surface area contributed by atoms with E-state index in [0.717, 1.165) is 12.3 Å². The summed E-state index contributed by atoms with van der Waals surface area (Å²) in [5, 5.41) is 21.9. The smallest absolute Gasteiger partial charge is 0.326 e. The Hall–Kier alpha value is -2.38. The van der Waals surface area contributed by atoms with Crippen LogP contribution in [0.25, 0.3) is 0 Å². The molecule has 1 aromatic rings. The molecule has 0 saturated heterocycles. The largest absolute Gasteiger partial charge is 0.480 e. The van der Waals surface area contributed by atoms with Gasteiger partial charge in [0.2, 0.25) is 0 Å². The Morgan fingerprint density at radius 2 is 2.05 bits per heavy atom. The maximum absolute atomic E-state index is 11.8. The molecule has 1 amide bonds. The zero-order chi connectivity index (χ0) is 14.8. The van der Waals surface area contributed by atoms with Crippen molar-refractivity contribution in [1.29, 1.82) is 0 Å². The van der Waals surface area contributed by atoms with Crippen LogP contribution >= 0.6 is 0 Å². The lowest BCUT2D eigenvalue weighted by atomic mass is 9.86. The van der Waals surface area contributed by atoms with E-state index in [1.165, 1.54) is 0 Å². The molecule has 0 fully saturated rings. The number of carbonyl (C=O) groups is 2. The van der Waals surface area contributed by atoms with Crippen LogP contribution in [0, 0.1) is 15.5 Å². The van der Waals surface area contributed by atoms with Crippen LogP contribution in [0.15, 0.2) is 12.3 Å². The molecule has 0 aliphatic carbocycles. The third-order valence-corrected chi connectivity index (χ3v) is 2.51. The van der Waals surface area contributed by atoms with Crippen molar-refractivity contribution in [3.8, 4) is 0 Å². The maximum atomic E-state index is 11.8. The number of carboxylic acid groups (broad SMARTS) is 1. The lowest BCUT2D eigenvalue weighted by Crippen LogP contribution is -2.49. The Bertz CT molecular complexity index is 515. The molecule has 0 saturated carbocycles. The van der Waals surface area contributed by atoms with E-state index in [0.29, 0.717) is 0 Å². The number of rotatable bonds is 4. The van der Waals surface area contributed by atoms with Crippen LogP contribution in [-0.2, 0) is 4.79 Å². The summed E-state index contributed by atoms with van der Waals surface area (Å²) >= 11 is 0. The minimum atomic E-state index is -1.16. The third kappa shape index (κ3) is 3.54. The number of aromatic nitrogens is 1. The summed E-state index contributed by atoms with van der Waals surface area (Å²) < 4.78 is 0. The van der Waals surface area contributed by atoms with Gasteiger partial charge in [-0.05, 0) is 5.41 Å². The average molecular weight is 269 g/mol. The highest BCUT2D eigenvalue weighted by molar-refractivity contribution is 5.95. The topological polar surface area (TPSA) is 125 Å². The summed E-state index contributed by atoms with van der Waals surface area (Å²) in [6.45, 7) is 5.01. The van der Waals surface area contributed by atoms with Gasteiger partial charge in [-0.2, -0.15) is 0 Å². The maximum Gasteiger partial charge on any atom is 0.326 e. The van der Waals surface area contributed by atoms with Crippen LogP contribution in [0.2, 0.25) is 0 Å². The number of nitro groups is 1. The van der Waals surface area contributed by atoms with Crippen LogP contribution in [0.3, 0.4) is 0 Å². The van der Waals surface area contributed by atoms with Gasteiger partial charge in [0.05, 0.1) is 11.1 Å². The monoisotopic (exact) mass is 269 g/mol. The minimum Gasteiger partial charge on any atom is -0.480 e. The number of hydrogen-bond donors (Lipinski definition) is 3. The number of H-pyrrole nitrogens is 1. The molecule has 1 aromatic heterocycles. The molecule has 8 heteroatoms. The molecule has 19 heavy (non-hydrogen) atoms. The summed E-state index contributed by atoms with van der Waals surface area (Å²) in [6, 6.07) is -0.0426. The number of amides is 1. The summed E-state index contributed by atoms with van der Waals surface area (Å²) in [5.74, 6) is -1.86. The zero-order valence-electron chi connectivity index (χ0n) is 10.8. The van der Waals surface area contributed by atoms with E-state index in [9.17, 15) is 19.7 Å². The molecule has 0 aliphatic rings. The molecule has 0 unspecified atom stereocenters. The van der Waals surface area contributed by atoms with Crippen LogP contribution in [0.4, 0.5) is 5.69 Å². The normalized spacial score (nSPS) is 12.8. The van der Waals surface area contributed by atoms with Crippen molar-refractivity contribution in [3.05, 3.63) is 28.1 Å². The second-order valence-corrected chi connectivity index (χ2v) is 5.14. The number of hydrogen-bond acceptors (Lipinski definition) is 4. The fourth-order valence-electron chi connectivity index (χ4n) is 1.48. The van der Waals surface area contributed by atoms with Crippen LogP contribution in [-0.4, -0.2) is 32.9 Å². The molecule has 1 atom stereocenters. The van der Waals surface area contributed by atoms with Crippen molar-refractivity contribution in [2.75, 3.05) is 0 Å². The summed E-state index contributed by atoms with van der Waals surface area (Å²) in [6.07, 6.45) is 1.07. The highest BCUT2D eigenvalue weighted by Crippen LogP contribution is 2.20. The van der Waals surface area contributed by atoms with E-state index in [-0.39, 0.29) is 11.4 Å². The first-order chi connectivity index (χ1) is 8.62. The first-order valence-electron chi connectivity index (χ1n) is 5.49. The standard InChI is InChI=1S/C11H15N3O5/c1-11(2,3)8(10(16)17)13-9(15)7-4-6(5-12-7)14(18)19/h4-5,8,12H,1-3H3,(H,13,15)(H,16,17)/t8-/m1/s1. The molecular weight excluding hydrogens is 254 g/mol. The number of aromatic amines is 1. The van der Waals surface area contributed by atoms with Crippen molar-refractivity contribution in [1.82, 2.24) is 10.3 Å². The quantitative estimate of drug-likeness (QED) is 0.558. The fourth-order valence-corrected chi connectivity index (χ4v) is 1.48.